The Bertz CT molecular complexity index is 876. The Hall–Kier alpha value is -3.25. The number of carboxylic acid groups (broad SMARTS) is 2. The maximum atomic E-state index is 11.8. The van der Waals surface area contributed by atoms with Crippen LogP contribution in [0, 0.1) is 11.5 Å². The second-order valence-corrected chi connectivity index (χ2v) is 5.96. The number of nitriles is 1. The second-order valence-electron chi connectivity index (χ2n) is 5.53. The molecule has 1 heterocycles. The topological polar surface area (TPSA) is 135 Å². The fourth-order valence-electron chi connectivity index (χ4n) is 2.89. The number of carboxylic acids is 2. The molecule has 134 valence electrons. The van der Waals surface area contributed by atoms with Crippen LogP contribution in [0.5, 0.6) is 0 Å². The number of carbonyl (C=O) groups is 2. The molecule has 0 amide bonds. The zero-order chi connectivity index (χ0) is 19.4. The number of dihydropyridines is 1. The first-order valence-electron chi connectivity index (χ1n) is 7.44. The number of rotatable bonds is 4. The average molecular weight is 372 g/mol. The number of allylic oxidation sites excluding steroid dienone is 2. The van der Waals surface area contributed by atoms with Gasteiger partial charge < -0.3 is 20.8 Å². The summed E-state index contributed by atoms with van der Waals surface area (Å²) in [7, 11) is 0. The number of aliphatic imine (C=N–C) groups is 1. The highest BCUT2D eigenvalue weighted by Crippen LogP contribution is 2.38. The monoisotopic (exact) mass is 372 g/mol. The minimum absolute atomic E-state index is 0.0399. The number of amidine groups is 1. The molecule has 0 radical (unpaired) electrons. The summed E-state index contributed by atoms with van der Waals surface area (Å²) >= 11 is 4.01. The minimum atomic E-state index is -1.20. The lowest BCUT2D eigenvalue weighted by molar-refractivity contribution is -0.133. The van der Waals surface area contributed by atoms with Gasteiger partial charge in [-0.3, -0.25) is 0 Å². The quantitative estimate of drug-likeness (QED) is 0.237. The van der Waals surface area contributed by atoms with Crippen molar-refractivity contribution in [3.63, 3.8) is 0 Å². The molecule has 0 unspecified atom stereocenters. The van der Waals surface area contributed by atoms with Gasteiger partial charge in [-0.1, -0.05) is 12.1 Å². The first-order chi connectivity index (χ1) is 12.3. The van der Waals surface area contributed by atoms with E-state index in [0.29, 0.717) is 22.6 Å². The van der Waals surface area contributed by atoms with Crippen LogP contribution in [-0.4, -0.2) is 27.3 Å². The van der Waals surface area contributed by atoms with Crippen molar-refractivity contribution in [2.45, 2.75) is 19.8 Å². The van der Waals surface area contributed by atoms with Gasteiger partial charge in [-0.2, -0.15) is 5.26 Å². The number of aliphatic carboxylic acids is 2. The van der Waals surface area contributed by atoms with Gasteiger partial charge in [-0.25, -0.2) is 9.59 Å². The van der Waals surface area contributed by atoms with E-state index < -0.39 is 17.9 Å². The molecule has 1 aromatic rings. The molecule has 0 bridgehead atoms. The van der Waals surface area contributed by atoms with E-state index in [2.05, 4.69) is 28.3 Å². The Kier molecular flexibility index (Phi) is 5.69. The van der Waals surface area contributed by atoms with Crippen molar-refractivity contribution in [2.24, 2.45) is 4.99 Å². The van der Waals surface area contributed by atoms with Crippen LogP contribution < -0.4 is 10.6 Å². The second kappa shape index (κ2) is 7.76. The van der Waals surface area contributed by atoms with E-state index in [1.807, 2.05) is 0 Å². The normalized spacial score (nSPS) is 15.4. The van der Waals surface area contributed by atoms with Gasteiger partial charge in [-0.05, 0) is 31.5 Å². The van der Waals surface area contributed by atoms with Crippen molar-refractivity contribution in [1.82, 2.24) is 5.32 Å². The van der Waals surface area contributed by atoms with Crippen LogP contribution in [0.25, 0.3) is 0 Å². The van der Waals surface area contributed by atoms with Crippen molar-refractivity contribution < 1.29 is 19.8 Å². The van der Waals surface area contributed by atoms with Gasteiger partial charge >= 0.3 is 11.9 Å². The van der Waals surface area contributed by atoms with Crippen molar-refractivity contribution in [3.8, 4) is 6.19 Å². The van der Waals surface area contributed by atoms with Crippen LogP contribution >= 0.6 is 12.6 Å². The lowest BCUT2D eigenvalue weighted by Gasteiger charge is -2.29. The molecule has 0 fully saturated rings. The average Bonchev–Trinajstić information content (AvgIpc) is 2.53. The van der Waals surface area contributed by atoms with Gasteiger partial charge in [-0.15, -0.1) is 17.6 Å². The van der Waals surface area contributed by atoms with Gasteiger partial charge in [0.05, 0.1) is 17.1 Å². The molecule has 1 aliphatic heterocycles. The van der Waals surface area contributed by atoms with Crippen molar-refractivity contribution in [2.75, 3.05) is 5.32 Å². The predicted molar refractivity (Wildman–Crippen MR) is 98.6 cm³/mol. The molecule has 9 heteroatoms. The van der Waals surface area contributed by atoms with Gasteiger partial charge in [0.25, 0.3) is 0 Å². The summed E-state index contributed by atoms with van der Waals surface area (Å²) in [5, 5.41) is 33.4. The summed E-state index contributed by atoms with van der Waals surface area (Å²) in [5.41, 5.74) is 1.65. The number of anilines is 1. The standard InChI is InChI=1S/C17H16N4O4S/c1-8-12(15(22)23)14(13(16(24)25)9(2)20-8)10-4-3-5-11(6-10)21-17(26)19-7-18/h3-6,14,20H,1-2H3,(H,22,23)(H,24,25)(H2,19,21,26). The molecule has 26 heavy (non-hydrogen) atoms. The summed E-state index contributed by atoms with van der Waals surface area (Å²) in [5.74, 6) is -3.36. The van der Waals surface area contributed by atoms with Crippen molar-refractivity contribution in [3.05, 3.63) is 52.4 Å². The fraction of sp³-hybridized carbons (Fsp3) is 0.176. The van der Waals surface area contributed by atoms with E-state index in [0.717, 1.165) is 0 Å². The van der Waals surface area contributed by atoms with Crippen LogP contribution in [0.1, 0.15) is 25.3 Å². The van der Waals surface area contributed by atoms with E-state index in [1.54, 1.807) is 44.3 Å². The highest BCUT2D eigenvalue weighted by atomic mass is 32.1. The van der Waals surface area contributed by atoms with Gasteiger partial charge in [0, 0.05) is 17.1 Å². The van der Waals surface area contributed by atoms with Crippen LogP contribution in [0.15, 0.2) is 51.8 Å². The number of hydrogen-bond donors (Lipinski definition) is 5. The van der Waals surface area contributed by atoms with Crippen LogP contribution in [0.3, 0.4) is 0 Å². The molecule has 0 aliphatic carbocycles. The molecular weight excluding hydrogens is 356 g/mol. The zero-order valence-electron chi connectivity index (χ0n) is 13.9. The van der Waals surface area contributed by atoms with E-state index in [1.165, 1.54) is 0 Å². The molecule has 0 aromatic heterocycles. The van der Waals surface area contributed by atoms with Gasteiger partial charge in [0.1, 0.15) is 0 Å². The molecule has 4 N–H and O–H groups in total. The lowest BCUT2D eigenvalue weighted by Crippen LogP contribution is -2.31. The molecule has 0 atom stereocenters. The molecular formula is C17H16N4O4S. The summed E-state index contributed by atoms with van der Waals surface area (Å²) < 4.78 is 0. The molecule has 0 spiro atoms. The van der Waals surface area contributed by atoms with Crippen LogP contribution in [-0.2, 0) is 9.59 Å². The Morgan fingerprint density at radius 2 is 1.81 bits per heavy atom. The predicted octanol–water partition coefficient (Wildman–Crippen LogP) is 2.27. The Labute approximate surface area is 155 Å². The van der Waals surface area contributed by atoms with E-state index in [-0.39, 0.29) is 16.3 Å². The summed E-state index contributed by atoms with van der Waals surface area (Å²) in [6.07, 6.45) is 1.59. The van der Waals surface area contributed by atoms with Crippen molar-refractivity contribution >= 4 is 35.4 Å². The third-order valence-corrected chi connectivity index (χ3v) is 4.06. The summed E-state index contributed by atoms with van der Waals surface area (Å²) in [6, 6.07) is 6.57. The number of benzene rings is 1. The molecule has 2 rings (SSSR count). The molecule has 8 nitrogen and oxygen atoms in total. The zero-order valence-corrected chi connectivity index (χ0v) is 14.8. The highest BCUT2D eigenvalue weighted by Gasteiger charge is 2.36. The molecule has 0 saturated carbocycles. The van der Waals surface area contributed by atoms with E-state index in [9.17, 15) is 19.8 Å². The van der Waals surface area contributed by atoms with Gasteiger partial charge in [0.15, 0.2) is 5.17 Å². The van der Waals surface area contributed by atoms with Gasteiger partial charge in [0.2, 0.25) is 6.19 Å². The Balaban J connectivity index is 2.59. The van der Waals surface area contributed by atoms with E-state index in [4.69, 9.17) is 5.26 Å². The van der Waals surface area contributed by atoms with Crippen LogP contribution in [0.4, 0.5) is 5.69 Å². The number of nitrogens with zero attached hydrogens (tertiary/aromatic N) is 2. The van der Waals surface area contributed by atoms with Crippen LogP contribution in [0.2, 0.25) is 0 Å². The summed E-state index contributed by atoms with van der Waals surface area (Å²) in [6.45, 7) is 3.18. The maximum absolute atomic E-state index is 11.8. The Morgan fingerprint density at radius 3 is 2.31 bits per heavy atom. The first kappa shape index (κ1) is 19.1. The van der Waals surface area contributed by atoms with E-state index >= 15 is 0 Å². The smallest absolute Gasteiger partial charge is 0.334 e. The molecule has 1 aliphatic rings. The van der Waals surface area contributed by atoms with Crippen molar-refractivity contribution in [1.29, 1.82) is 5.26 Å². The molecule has 1 aromatic carbocycles. The summed E-state index contributed by atoms with van der Waals surface area (Å²) in [4.78, 5) is 27.0. The number of nitrogens with one attached hydrogen (secondary N) is 2. The molecule has 0 saturated heterocycles. The fourth-order valence-corrected chi connectivity index (χ4v) is 3.07. The minimum Gasteiger partial charge on any atom is -0.478 e. The third kappa shape index (κ3) is 3.87. The maximum Gasteiger partial charge on any atom is 0.334 e. The lowest BCUT2D eigenvalue weighted by atomic mass is 9.80. The number of thiol groups is 1. The SMILES string of the molecule is CC1=C(C(=O)O)C(c2cccc(N/C(S)=N/C#N)c2)C(C(=O)O)=C(C)N1. The third-order valence-electron chi connectivity index (χ3n) is 3.85. The Morgan fingerprint density at radius 1 is 1.23 bits per heavy atom. The first-order valence-corrected chi connectivity index (χ1v) is 7.88. The highest BCUT2D eigenvalue weighted by molar-refractivity contribution is 7.97. The largest absolute Gasteiger partial charge is 0.478 e. The number of hydrogen-bond acceptors (Lipinski definition) is 5.